The summed E-state index contributed by atoms with van der Waals surface area (Å²) in [5.41, 5.74) is 2.96. The van der Waals surface area contributed by atoms with Crippen molar-refractivity contribution < 1.29 is 9.53 Å². The van der Waals surface area contributed by atoms with Crippen molar-refractivity contribution in [2.75, 3.05) is 19.6 Å². The van der Waals surface area contributed by atoms with E-state index in [-0.39, 0.29) is 29.0 Å². The maximum atomic E-state index is 13.0. The van der Waals surface area contributed by atoms with Crippen molar-refractivity contribution >= 4 is 5.97 Å². The van der Waals surface area contributed by atoms with Crippen molar-refractivity contribution in [2.45, 2.75) is 64.0 Å². The predicted molar refractivity (Wildman–Crippen MR) is 119 cm³/mol. The van der Waals surface area contributed by atoms with Crippen LogP contribution in [0.3, 0.4) is 0 Å². The fourth-order valence-corrected chi connectivity index (χ4v) is 7.89. The van der Waals surface area contributed by atoms with Gasteiger partial charge in [0.1, 0.15) is 6.10 Å². The second-order valence-electron chi connectivity index (χ2n) is 11.3. The van der Waals surface area contributed by atoms with E-state index in [2.05, 4.69) is 24.5 Å². The van der Waals surface area contributed by atoms with Crippen molar-refractivity contribution in [1.29, 1.82) is 0 Å². The molecule has 0 radical (unpaired) electrons. The number of carbonyl (C=O) groups excluding carboxylic acids is 1. The van der Waals surface area contributed by atoms with Crippen molar-refractivity contribution in [2.24, 2.45) is 29.1 Å². The first-order chi connectivity index (χ1) is 14.9. The molecule has 1 aromatic rings. The third kappa shape index (κ3) is 3.14. The number of ether oxygens (including phenoxy) is 1. The van der Waals surface area contributed by atoms with E-state index >= 15 is 0 Å². The number of hydrogen-bond donors (Lipinski definition) is 0. The number of nitrogens with zero attached hydrogens (tertiary/aromatic N) is 2. The van der Waals surface area contributed by atoms with Gasteiger partial charge < -0.3 is 14.2 Å². The lowest BCUT2D eigenvalue weighted by Gasteiger charge is -2.50. The minimum absolute atomic E-state index is 0.0129. The number of esters is 1. The number of hydrogen-bond acceptors (Lipinski definition) is 4. The molecule has 5 nitrogen and oxygen atoms in total. The van der Waals surface area contributed by atoms with Gasteiger partial charge in [-0.05, 0) is 61.8 Å². The molecule has 0 amide bonds. The van der Waals surface area contributed by atoms with E-state index in [1.165, 1.54) is 24.1 Å². The molecule has 4 heterocycles. The molecule has 3 aliphatic heterocycles. The van der Waals surface area contributed by atoms with Crippen LogP contribution >= 0.6 is 0 Å². The summed E-state index contributed by atoms with van der Waals surface area (Å²) in [6.45, 7) is 10.3. The Bertz CT molecular complexity index is 983. The maximum Gasteiger partial charge on any atom is 0.310 e. The Morgan fingerprint density at radius 2 is 2.06 bits per heavy atom. The van der Waals surface area contributed by atoms with Crippen LogP contribution in [0.25, 0.3) is 0 Å². The smallest absolute Gasteiger partial charge is 0.310 e. The summed E-state index contributed by atoms with van der Waals surface area (Å²) < 4.78 is 7.97. The first-order valence-corrected chi connectivity index (χ1v) is 12.2. The van der Waals surface area contributed by atoms with E-state index in [0.29, 0.717) is 23.7 Å². The maximum absolute atomic E-state index is 13.0. The summed E-state index contributed by atoms with van der Waals surface area (Å²) in [6.07, 6.45) is 6.92. The van der Waals surface area contributed by atoms with Gasteiger partial charge in [0.2, 0.25) is 0 Å². The monoisotopic (exact) mass is 422 g/mol. The normalized spacial score (nSPS) is 41.8. The second kappa shape index (κ2) is 7.06. The summed E-state index contributed by atoms with van der Waals surface area (Å²) in [4.78, 5) is 27.8. The van der Waals surface area contributed by atoms with E-state index in [1.807, 2.05) is 10.6 Å². The lowest BCUT2D eigenvalue weighted by Crippen LogP contribution is -2.50. The van der Waals surface area contributed by atoms with Gasteiger partial charge in [0, 0.05) is 49.8 Å². The zero-order chi connectivity index (χ0) is 21.3. The van der Waals surface area contributed by atoms with E-state index in [1.54, 1.807) is 6.07 Å². The van der Waals surface area contributed by atoms with Crippen LogP contribution in [0.15, 0.2) is 35.1 Å². The first kappa shape index (κ1) is 19.8. The largest absolute Gasteiger partial charge is 0.462 e. The number of piperidine rings is 1. The number of likely N-dealkylation sites (tertiary alicyclic amines) is 1. The van der Waals surface area contributed by atoms with Crippen LogP contribution in [0.4, 0.5) is 0 Å². The van der Waals surface area contributed by atoms with Crippen molar-refractivity contribution in [3.05, 3.63) is 46.4 Å². The van der Waals surface area contributed by atoms with Crippen LogP contribution in [-0.4, -0.2) is 41.2 Å². The summed E-state index contributed by atoms with van der Waals surface area (Å²) in [6, 6.07) is 5.68. The summed E-state index contributed by atoms with van der Waals surface area (Å²) in [7, 11) is 0. The molecule has 7 atom stereocenters. The molecule has 2 saturated heterocycles. The molecule has 5 heteroatoms. The Hall–Kier alpha value is -1.88. The quantitative estimate of drug-likeness (QED) is 0.540. The molecule has 2 bridgehead atoms. The van der Waals surface area contributed by atoms with Crippen molar-refractivity contribution in [1.82, 2.24) is 9.47 Å². The highest BCUT2D eigenvalue weighted by Gasteiger charge is 2.55. The topological polar surface area (TPSA) is 51.5 Å². The van der Waals surface area contributed by atoms with Crippen LogP contribution in [-0.2, 0) is 16.1 Å². The minimum Gasteiger partial charge on any atom is -0.462 e. The predicted octanol–water partition coefficient (Wildman–Crippen LogP) is 3.58. The van der Waals surface area contributed by atoms with E-state index in [4.69, 9.17) is 4.74 Å². The van der Waals surface area contributed by atoms with Gasteiger partial charge in [-0.2, -0.15) is 0 Å². The Labute approximate surface area is 184 Å². The van der Waals surface area contributed by atoms with Crippen LogP contribution in [0.2, 0.25) is 0 Å². The van der Waals surface area contributed by atoms with Crippen molar-refractivity contribution in [3.63, 3.8) is 0 Å². The number of carbonyl (C=O) groups is 1. The molecule has 166 valence electrons. The molecule has 0 aromatic carbocycles. The highest BCUT2D eigenvalue weighted by molar-refractivity contribution is 5.75. The summed E-state index contributed by atoms with van der Waals surface area (Å²) in [5.74, 6) is 1.77. The summed E-state index contributed by atoms with van der Waals surface area (Å²) >= 11 is 0. The van der Waals surface area contributed by atoms with Gasteiger partial charge in [-0.3, -0.25) is 9.59 Å². The van der Waals surface area contributed by atoms with Gasteiger partial charge in [-0.1, -0.05) is 25.1 Å². The molecule has 0 N–H and O–H groups in total. The molecular formula is C26H34N2O3. The lowest BCUT2D eigenvalue weighted by atomic mass is 9.55. The second-order valence-corrected chi connectivity index (χ2v) is 11.3. The average molecular weight is 423 g/mol. The van der Waals surface area contributed by atoms with Gasteiger partial charge in [0.15, 0.2) is 0 Å². The molecular weight excluding hydrogens is 388 g/mol. The number of pyridine rings is 1. The third-order valence-corrected chi connectivity index (χ3v) is 9.33. The molecule has 1 aromatic heterocycles. The standard InChI is InChI=1S/C26H34N2O3/c1-16-5-4-8-26(2)11-23-19(10-21(16)26)20(25(30)31-23)15-27-12-17-9-18(14-27)22-6-3-7-24(29)28(22)13-17/h3,6-7,17-21,23H,1,4-5,8-15H2,2H3/t17-,18-,19-,20-,21-,23+,26+/m0/s1. The van der Waals surface area contributed by atoms with Crippen LogP contribution in [0, 0.1) is 29.1 Å². The van der Waals surface area contributed by atoms with Crippen LogP contribution in [0.1, 0.15) is 57.1 Å². The zero-order valence-corrected chi connectivity index (χ0v) is 18.6. The molecule has 4 fully saturated rings. The molecule has 6 rings (SSSR count). The molecule has 31 heavy (non-hydrogen) atoms. The zero-order valence-electron chi connectivity index (χ0n) is 18.6. The third-order valence-electron chi connectivity index (χ3n) is 9.33. The van der Waals surface area contributed by atoms with Gasteiger partial charge in [0.05, 0.1) is 5.92 Å². The molecule has 2 saturated carbocycles. The van der Waals surface area contributed by atoms with E-state index in [9.17, 15) is 9.59 Å². The van der Waals surface area contributed by atoms with Crippen LogP contribution < -0.4 is 5.56 Å². The Balaban J connectivity index is 1.20. The lowest BCUT2D eigenvalue weighted by molar-refractivity contribution is -0.146. The Kier molecular flexibility index (Phi) is 4.51. The Morgan fingerprint density at radius 1 is 1.19 bits per heavy atom. The number of fused-ring (bicyclic) bond motifs is 6. The number of rotatable bonds is 2. The molecule has 0 unspecified atom stereocenters. The highest BCUT2D eigenvalue weighted by Crippen LogP contribution is 2.57. The van der Waals surface area contributed by atoms with Gasteiger partial charge >= 0.3 is 5.97 Å². The minimum atomic E-state index is -0.0129. The fourth-order valence-electron chi connectivity index (χ4n) is 7.89. The van der Waals surface area contributed by atoms with Crippen LogP contribution in [0.5, 0.6) is 0 Å². The van der Waals surface area contributed by atoms with E-state index in [0.717, 1.165) is 51.9 Å². The molecule has 0 spiro atoms. The number of aromatic nitrogens is 1. The molecule has 2 aliphatic carbocycles. The molecule has 5 aliphatic rings. The fraction of sp³-hybridized carbons (Fsp3) is 0.692. The average Bonchev–Trinajstić information content (AvgIpc) is 3.01. The number of allylic oxidation sites excluding steroid dienone is 1. The SMILES string of the molecule is C=C1CCC[C@]2(C)C[C@H]3OC(=O)[C@@H](CN4C[C@@H]5C[C@@H](C4)c4cccc(=O)n4C5)[C@@H]3C[C@@H]12. The first-order valence-electron chi connectivity index (χ1n) is 12.2. The Morgan fingerprint density at radius 3 is 2.94 bits per heavy atom. The van der Waals surface area contributed by atoms with Gasteiger partial charge in [-0.15, -0.1) is 0 Å². The highest BCUT2D eigenvalue weighted by atomic mass is 16.6. The van der Waals surface area contributed by atoms with Crippen molar-refractivity contribution in [3.8, 4) is 0 Å². The van der Waals surface area contributed by atoms with Gasteiger partial charge in [-0.25, -0.2) is 0 Å². The van der Waals surface area contributed by atoms with Gasteiger partial charge in [0.25, 0.3) is 5.56 Å². The van der Waals surface area contributed by atoms with E-state index < -0.39 is 0 Å². The summed E-state index contributed by atoms with van der Waals surface area (Å²) in [5, 5.41) is 0.